The molecule has 0 spiro atoms. The zero-order valence-electron chi connectivity index (χ0n) is 19.2. The molecule has 2 heterocycles. The van der Waals surface area contributed by atoms with Crippen LogP contribution in [0.2, 0.25) is 0 Å². The molecule has 2 aromatic heterocycles. The van der Waals surface area contributed by atoms with Crippen LogP contribution in [-0.2, 0) is 27.5 Å². The van der Waals surface area contributed by atoms with Crippen LogP contribution in [0.3, 0.4) is 0 Å². The van der Waals surface area contributed by atoms with Crippen LogP contribution in [0.5, 0.6) is 5.75 Å². The molecular weight excluding hydrogens is 627 g/mol. The molecule has 0 atom stereocenters. The number of rotatable bonds is 5. The fraction of sp³-hybridized carbons (Fsp3) is 0.0323. The second-order valence-electron chi connectivity index (χ2n) is 8.34. The Morgan fingerprint density at radius 2 is 1.53 bits per heavy atom. The topological polar surface area (TPSA) is 59.2 Å². The van der Waals surface area contributed by atoms with Crippen molar-refractivity contribution < 1.29 is 30.6 Å². The van der Waals surface area contributed by atoms with Crippen LogP contribution in [0.1, 0.15) is 11.1 Å². The molecule has 0 saturated carbocycles. The van der Waals surface area contributed by atoms with E-state index in [1.54, 1.807) is 24.4 Å². The first kappa shape index (κ1) is 23.7. The smallest absolute Gasteiger partial charge is 0.230 e. The standard InChI is InChI=1S/C31H21N2O2.Pt/c34-27-15-5-4-13-25(27)31-33-30-28(35-31)17-16-24(19-21-9-2-1-3-10-21)29(30)23-12-8-11-22(20-23)26-14-6-7-18-32-26;/h1-18,34H,19H2;/q-1;. The van der Waals surface area contributed by atoms with Gasteiger partial charge in [-0.25, -0.2) is 4.98 Å². The quantitative estimate of drug-likeness (QED) is 0.199. The second-order valence-corrected chi connectivity index (χ2v) is 8.34. The predicted octanol–water partition coefficient (Wildman–Crippen LogP) is 7.32. The van der Waals surface area contributed by atoms with Crippen molar-refractivity contribution in [3.8, 4) is 39.6 Å². The molecule has 36 heavy (non-hydrogen) atoms. The number of benzene rings is 4. The minimum atomic E-state index is 0. The fourth-order valence-corrected chi connectivity index (χ4v) is 4.36. The predicted molar refractivity (Wildman–Crippen MR) is 138 cm³/mol. The Labute approximate surface area is 223 Å². The maximum atomic E-state index is 10.4. The average molecular weight is 649 g/mol. The van der Waals surface area contributed by atoms with Gasteiger partial charge in [-0.1, -0.05) is 71.8 Å². The molecule has 0 aliphatic carbocycles. The van der Waals surface area contributed by atoms with Crippen molar-refractivity contribution >= 4 is 11.1 Å². The molecule has 4 aromatic carbocycles. The van der Waals surface area contributed by atoms with Gasteiger partial charge in [-0.2, -0.15) is 0 Å². The molecule has 0 radical (unpaired) electrons. The first-order chi connectivity index (χ1) is 17.3. The average Bonchev–Trinajstić information content (AvgIpc) is 3.34. The van der Waals surface area contributed by atoms with Crippen molar-refractivity contribution in [2.75, 3.05) is 0 Å². The third kappa shape index (κ3) is 4.60. The van der Waals surface area contributed by atoms with E-state index in [-0.39, 0.29) is 26.8 Å². The van der Waals surface area contributed by atoms with Crippen molar-refractivity contribution in [1.82, 2.24) is 9.97 Å². The molecule has 0 saturated heterocycles. The fourth-order valence-electron chi connectivity index (χ4n) is 4.36. The molecule has 0 bridgehead atoms. The van der Waals surface area contributed by atoms with Crippen LogP contribution in [0.25, 0.3) is 44.9 Å². The maximum Gasteiger partial charge on any atom is 0.230 e. The van der Waals surface area contributed by atoms with E-state index in [1.807, 2.05) is 66.7 Å². The minimum absolute atomic E-state index is 0. The van der Waals surface area contributed by atoms with Gasteiger partial charge in [-0.15, -0.1) is 29.8 Å². The molecule has 6 aromatic rings. The number of aromatic hydroxyl groups is 1. The Bertz CT molecular complexity index is 1630. The van der Waals surface area contributed by atoms with E-state index in [0.29, 0.717) is 17.0 Å². The van der Waals surface area contributed by atoms with Gasteiger partial charge in [0.1, 0.15) is 11.3 Å². The Balaban J connectivity index is 0.00000267. The Morgan fingerprint density at radius 1 is 0.750 bits per heavy atom. The number of oxazole rings is 1. The summed E-state index contributed by atoms with van der Waals surface area (Å²) < 4.78 is 6.12. The number of fused-ring (bicyclic) bond motifs is 1. The number of nitrogens with zero attached hydrogens (tertiary/aromatic N) is 2. The molecule has 0 unspecified atom stereocenters. The van der Waals surface area contributed by atoms with Gasteiger partial charge in [0, 0.05) is 33.0 Å². The maximum absolute atomic E-state index is 10.4. The van der Waals surface area contributed by atoms with Crippen LogP contribution in [0.4, 0.5) is 0 Å². The summed E-state index contributed by atoms with van der Waals surface area (Å²) in [7, 11) is 0. The van der Waals surface area contributed by atoms with Crippen molar-refractivity contribution in [3.05, 3.63) is 127 Å². The van der Waals surface area contributed by atoms with Gasteiger partial charge in [0.25, 0.3) is 0 Å². The molecule has 0 amide bonds. The number of hydrogen-bond acceptors (Lipinski definition) is 4. The summed E-state index contributed by atoms with van der Waals surface area (Å²) in [5.41, 5.74) is 7.95. The van der Waals surface area contributed by atoms with Gasteiger partial charge >= 0.3 is 0 Å². The second kappa shape index (κ2) is 10.3. The summed E-state index contributed by atoms with van der Waals surface area (Å²) in [6.45, 7) is 0. The third-order valence-electron chi connectivity index (χ3n) is 6.02. The van der Waals surface area contributed by atoms with E-state index in [4.69, 9.17) is 9.40 Å². The van der Waals surface area contributed by atoms with E-state index in [2.05, 4.69) is 29.2 Å². The summed E-state index contributed by atoms with van der Waals surface area (Å²) in [6.07, 6.45) is 2.53. The largest absolute Gasteiger partial charge is 0.507 e. The Morgan fingerprint density at radius 3 is 2.33 bits per heavy atom. The SMILES string of the molecule is Oc1ccccc1-c1nc2c(-c3[c-]c(-c4ccccn4)ccc3)c(Cc3ccccc3)ccc2o1.[Pt]. The normalized spacial score (nSPS) is 10.8. The number of phenols is 1. The van der Waals surface area contributed by atoms with Gasteiger partial charge in [-0.3, -0.25) is 4.98 Å². The summed E-state index contributed by atoms with van der Waals surface area (Å²) >= 11 is 0. The Hall–Kier alpha value is -4.01. The minimum Gasteiger partial charge on any atom is -0.507 e. The van der Waals surface area contributed by atoms with Gasteiger partial charge in [0.05, 0.1) is 11.1 Å². The number of aromatic nitrogens is 2. The molecule has 1 N–H and O–H groups in total. The van der Waals surface area contributed by atoms with Crippen molar-refractivity contribution in [2.45, 2.75) is 6.42 Å². The molecule has 178 valence electrons. The van der Waals surface area contributed by atoms with Gasteiger partial charge < -0.3 is 9.52 Å². The van der Waals surface area contributed by atoms with Crippen molar-refractivity contribution in [1.29, 1.82) is 0 Å². The van der Waals surface area contributed by atoms with E-state index < -0.39 is 0 Å². The third-order valence-corrected chi connectivity index (χ3v) is 6.02. The molecule has 0 fully saturated rings. The van der Waals surface area contributed by atoms with E-state index in [1.165, 1.54) is 5.56 Å². The van der Waals surface area contributed by atoms with Crippen LogP contribution in [0, 0.1) is 6.07 Å². The van der Waals surface area contributed by atoms with Crippen molar-refractivity contribution in [3.63, 3.8) is 0 Å². The Kier molecular flexibility index (Phi) is 6.79. The van der Waals surface area contributed by atoms with E-state index >= 15 is 0 Å². The van der Waals surface area contributed by atoms with E-state index in [9.17, 15) is 5.11 Å². The number of hydrogen-bond donors (Lipinski definition) is 1. The first-order valence-electron chi connectivity index (χ1n) is 11.4. The molecular formula is C31H21N2O2Pt-. The zero-order chi connectivity index (χ0) is 23.6. The molecule has 4 nitrogen and oxygen atoms in total. The van der Waals surface area contributed by atoms with Gasteiger partial charge in [0.2, 0.25) is 5.89 Å². The molecule has 0 aliphatic heterocycles. The monoisotopic (exact) mass is 648 g/mol. The first-order valence-corrected chi connectivity index (χ1v) is 11.4. The van der Waals surface area contributed by atoms with Crippen LogP contribution < -0.4 is 0 Å². The number of phenolic OH excluding ortho intramolecular Hbond substituents is 1. The van der Waals surface area contributed by atoms with Gasteiger partial charge in [-0.05, 0) is 41.8 Å². The summed E-state index contributed by atoms with van der Waals surface area (Å²) in [5.74, 6) is 0.519. The molecule has 0 aliphatic rings. The summed E-state index contributed by atoms with van der Waals surface area (Å²) in [6, 6.07) is 37.0. The number of pyridine rings is 1. The van der Waals surface area contributed by atoms with Crippen LogP contribution >= 0.6 is 0 Å². The molecule has 6 rings (SSSR count). The summed E-state index contributed by atoms with van der Waals surface area (Å²) in [4.78, 5) is 9.36. The van der Waals surface area contributed by atoms with Crippen LogP contribution in [0.15, 0.2) is 114 Å². The van der Waals surface area contributed by atoms with Gasteiger partial charge in [0.15, 0.2) is 0 Å². The van der Waals surface area contributed by atoms with Crippen molar-refractivity contribution in [2.24, 2.45) is 0 Å². The van der Waals surface area contributed by atoms with Crippen LogP contribution in [-0.4, -0.2) is 15.1 Å². The van der Waals surface area contributed by atoms with E-state index in [0.717, 1.165) is 39.9 Å². The number of para-hydroxylation sites is 1. The molecule has 5 heteroatoms. The summed E-state index contributed by atoms with van der Waals surface area (Å²) in [5, 5.41) is 10.4. The zero-order valence-corrected chi connectivity index (χ0v) is 21.4.